The Labute approximate surface area is 105 Å². The molecule has 1 aromatic rings. The summed E-state index contributed by atoms with van der Waals surface area (Å²) in [5.74, 6) is 0.288. The van der Waals surface area contributed by atoms with Gasteiger partial charge < -0.3 is 4.90 Å². The summed E-state index contributed by atoms with van der Waals surface area (Å²) < 4.78 is 0. The molecule has 1 saturated heterocycles. The van der Waals surface area contributed by atoms with E-state index in [1.165, 1.54) is 0 Å². The molecule has 4 nitrogen and oxygen atoms in total. The molecule has 1 atom stereocenters. The fraction of sp³-hybridized carbons (Fsp3) is 0.667. The molecule has 1 saturated carbocycles. The maximum atomic E-state index is 12.5. The highest BCUT2D eigenvalue weighted by atomic mass is 32.1. The molecule has 0 aromatic carbocycles. The van der Waals surface area contributed by atoms with Crippen LogP contribution in [0, 0.1) is 0 Å². The molecule has 0 radical (unpaired) electrons. The Morgan fingerprint density at radius 3 is 2.94 bits per heavy atom. The third-order valence-corrected chi connectivity index (χ3v) is 4.74. The van der Waals surface area contributed by atoms with Gasteiger partial charge in [-0.2, -0.15) is 0 Å². The van der Waals surface area contributed by atoms with Gasteiger partial charge in [0.15, 0.2) is 0 Å². The number of nitrogens with one attached hydrogen (secondary N) is 1. The van der Waals surface area contributed by atoms with Crippen molar-refractivity contribution in [1.82, 2.24) is 15.2 Å². The van der Waals surface area contributed by atoms with Crippen molar-refractivity contribution in [3.8, 4) is 0 Å². The first kappa shape index (κ1) is 11.2. The summed E-state index contributed by atoms with van der Waals surface area (Å²) in [5.41, 5.74) is 1.56. The summed E-state index contributed by atoms with van der Waals surface area (Å²) in [6.07, 6.45) is 6.19. The van der Waals surface area contributed by atoms with E-state index in [-0.39, 0.29) is 17.6 Å². The van der Waals surface area contributed by atoms with Crippen LogP contribution in [-0.2, 0) is 4.79 Å². The van der Waals surface area contributed by atoms with E-state index >= 15 is 0 Å². The average molecular weight is 251 g/mol. The van der Waals surface area contributed by atoms with Crippen LogP contribution in [0.15, 0.2) is 11.7 Å². The highest BCUT2D eigenvalue weighted by Gasteiger charge is 2.52. The molecule has 2 aliphatic rings. The quantitative estimate of drug-likeness (QED) is 0.873. The van der Waals surface area contributed by atoms with Crippen molar-refractivity contribution in [3.63, 3.8) is 0 Å². The van der Waals surface area contributed by atoms with Crippen molar-refractivity contribution in [2.24, 2.45) is 0 Å². The van der Waals surface area contributed by atoms with Crippen molar-refractivity contribution in [3.05, 3.63) is 16.6 Å². The summed E-state index contributed by atoms with van der Waals surface area (Å²) in [6.45, 7) is 2.80. The van der Waals surface area contributed by atoms with Crippen molar-refractivity contribution in [1.29, 1.82) is 0 Å². The van der Waals surface area contributed by atoms with Crippen LogP contribution in [0.5, 0.6) is 0 Å². The van der Waals surface area contributed by atoms with Crippen molar-refractivity contribution < 1.29 is 4.79 Å². The Morgan fingerprint density at radius 1 is 1.59 bits per heavy atom. The zero-order valence-corrected chi connectivity index (χ0v) is 10.8. The van der Waals surface area contributed by atoms with Gasteiger partial charge in [-0.3, -0.25) is 15.1 Å². The molecule has 1 amide bonds. The molecule has 5 heteroatoms. The van der Waals surface area contributed by atoms with Crippen molar-refractivity contribution in [2.45, 2.75) is 44.3 Å². The average Bonchev–Trinajstić information content (AvgIpc) is 3.04. The summed E-state index contributed by atoms with van der Waals surface area (Å²) in [6, 6.07) is 0. The Bertz CT molecular complexity index is 411. The van der Waals surface area contributed by atoms with Gasteiger partial charge in [0, 0.05) is 12.7 Å². The highest BCUT2D eigenvalue weighted by molar-refractivity contribution is 7.09. The van der Waals surface area contributed by atoms with Crippen LogP contribution < -0.4 is 5.32 Å². The van der Waals surface area contributed by atoms with Gasteiger partial charge in [-0.1, -0.05) is 12.8 Å². The number of aromatic nitrogens is 1. The van der Waals surface area contributed by atoms with Gasteiger partial charge in [-0.15, -0.1) is 11.3 Å². The minimum atomic E-state index is -0.273. The van der Waals surface area contributed by atoms with E-state index in [4.69, 9.17) is 0 Å². The molecule has 1 aromatic heterocycles. The summed E-state index contributed by atoms with van der Waals surface area (Å²) in [5, 5.41) is 3.57. The second kappa shape index (κ2) is 4.07. The van der Waals surface area contributed by atoms with Crippen LogP contribution in [0.3, 0.4) is 0 Å². The van der Waals surface area contributed by atoms with Gasteiger partial charge in [-0.05, 0) is 19.8 Å². The van der Waals surface area contributed by atoms with E-state index in [9.17, 15) is 4.79 Å². The number of carbonyl (C=O) groups is 1. The number of hydrogen-bond donors (Lipinski definition) is 1. The molecule has 0 unspecified atom stereocenters. The van der Waals surface area contributed by atoms with Crippen molar-refractivity contribution >= 4 is 17.2 Å². The molecule has 1 spiro atoms. The number of carbonyl (C=O) groups excluding carboxylic acids is 1. The molecule has 2 fully saturated rings. The number of likely N-dealkylation sites (N-methyl/N-ethyl adjacent to an activating group) is 1. The molecule has 1 aliphatic heterocycles. The fourth-order valence-electron chi connectivity index (χ4n) is 3.04. The monoisotopic (exact) mass is 251 g/mol. The summed E-state index contributed by atoms with van der Waals surface area (Å²) in [4.78, 5) is 19.7. The normalized spacial score (nSPS) is 27.2. The summed E-state index contributed by atoms with van der Waals surface area (Å²) in [7, 11) is 0. The number of rotatable bonds is 2. The maximum Gasteiger partial charge on any atom is 0.244 e. The molecule has 1 aliphatic carbocycles. The second-order valence-electron chi connectivity index (χ2n) is 4.83. The van der Waals surface area contributed by atoms with E-state index in [0.717, 1.165) is 37.1 Å². The number of nitrogens with zero attached hydrogens (tertiary/aromatic N) is 2. The lowest BCUT2D eigenvalue weighted by Crippen LogP contribution is -2.43. The lowest BCUT2D eigenvalue weighted by Gasteiger charge is -2.20. The van der Waals surface area contributed by atoms with Crippen LogP contribution in [0.1, 0.15) is 43.6 Å². The number of amides is 1. The molecule has 92 valence electrons. The van der Waals surface area contributed by atoms with E-state index < -0.39 is 0 Å². The van der Waals surface area contributed by atoms with Crippen LogP contribution >= 0.6 is 11.3 Å². The standard InChI is InChI=1S/C12H17N3OS/c1-2-15-10(9-7-13-8-17-9)14-12(11(15)16)5-3-4-6-12/h7-8,10,14H,2-6H2,1H3/t10-/m1/s1. The Morgan fingerprint density at radius 2 is 2.35 bits per heavy atom. The molecular weight excluding hydrogens is 234 g/mol. The van der Waals surface area contributed by atoms with E-state index in [1.807, 2.05) is 23.5 Å². The maximum absolute atomic E-state index is 12.5. The van der Waals surface area contributed by atoms with Gasteiger partial charge in [0.05, 0.1) is 15.9 Å². The van der Waals surface area contributed by atoms with Crippen LogP contribution in [0.4, 0.5) is 0 Å². The first-order valence-corrected chi connectivity index (χ1v) is 7.12. The Kier molecular flexibility index (Phi) is 2.67. The highest BCUT2D eigenvalue weighted by Crippen LogP contribution is 2.41. The third kappa shape index (κ3) is 1.60. The summed E-state index contributed by atoms with van der Waals surface area (Å²) >= 11 is 1.62. The van der Waals surface area contributed by atoms with Crippen molar-refractivity contribution in [2.75, 3.05) is 6.54 Å². The zero-order chi connectivity index (χ0) is 11.9. The van der Waals surface area contributed by atoms with Gasteiger partial charge >= 0.3 is 0 Å². The second-order valence-corrected chi connectivity index (χ2v) is 5.75. The van der Waals surface area contributed by atoms with E-state index in [2.05, 4.69) is 10.3 Å². The van der Waals surface area contributed by atoms with Gasteiger partial charge in [0.25, 0.3) is 0 Å². The molecule has 2 heterocycles. The number of thiazole rings is 1. The lowest BCUT2D eigenvalue weighted by atomic mass is 9.98. The Balaban J connectivity index is 1.93. The molecular formula is C12H17N3OS. The van der Waals surface area contributed by atoms with Crippen LogP contribution in [-0.4, -0.2) is 27.9 Å². The minimum absolute atomic E-state index is 0.0399. The topological polar surface area (TPSA) is 45.2 Å². The number of hydrogen-bond acceptors (Lipinski definition) is 4. The largest absolute Gasteiger partial charge is 0.321 e. The molecule has 17 heavy (non-hydrogen) atoms. The predicted molar refractivity (Wildman–Crippen MR) is 66.6 cm³/mol. The third-order valence-electron chi connectivity index (χ3n) is 3.91. The van der Waals surface area contributed by atoms with E-state index in [0.29, 0.717) is 0 Å². The van der Waals surface area contributed by atoms with Crippen LogP contribution in [0.2, 0.25) is 0 Å². The Hall–Kier alpha value is -0.940. The lowest BCUT2D eigenvalue weighted by molar-refractivity contribution is -0.133. The SMILES string of the molecule is CCN1C(=O)C2(CCCC2)N[C@H]1c1cncs1. The minimum Gasteiger partial charge on any atom is -0.321 e. The van der Waals surface area contributed by atoms with Crippen LogP contribution in [0.25, 0.3) is 0 Å². The molecule has 1 N–H and O–H groups in total. The first-order valence-electron chi connectivity index (χ1n) is 6.24. The van der Waals surface area contributed by atoms with Gasteiger partial charge in [0.1, 0.15) is 6.17 Å². The predicted octanol–water partition coefficient (Wildman–Crippen LogP) is 1.91. The van der Waals surface area contributed by atoms with Gasteiger partial charge in [0.2, 0.25) is 5.91 Å². The molecule has 0 bridgehead atoms. The smallest absolute Gasteiger partial charge is 0.244 e. The first-order chi connectivity index (χ1) is 8.27. The zero-order valence-electron chi connectivity index (χ0n) is 9.98. The van der Waals surface area contributed by atoms with E-state index in [1.54, 1.807) is 11.3 Å². The fourth-order valence-corrected chi connectivity index (χ4v) is 3.72. The molecule has 3 rings (SSSR count). The van der Waals surface area contributed by atoms with Gasteiger partial charge in [-0.25, -0.2) is 0 Å².